The van der Waals surface area contributed by atoms with E-state index in [1.165, 1.54) is 11.3 Å². The molecule has 5 heteroatoms. The summed E-state index contributed by atoms with van der Waals surface area (Å²) in [4.78, 5) is 19.2. The van der Waals surface area contributed by atoms with Gasteiger partial charge in [0.05, 0.1) is 18.5 Å². The Kier molecular flexibility index (Phi) is 4.45. The third-order valence-corrected chi connectivity index (χ3v) is 6.31. The van der Waals surface area contributed by atoms with Crippen LogP contribution in [-0.4, -0.2) is 17.9 Å². The van der Waals surface area contributed by atoms with Crippen molar-refractivity contribution < 1.29 is 9.53 Å². The fraction of sp³-hybridized carbons (Fsp3) is 0.0400. The average molecular weight is 410 g/mol. The molecule has 2 aromatic heterocycles. The number of hydrogen-bond donors (Lipinski definition) is 1. The first kappa shape index (κ1) is 18.3. The van der Waals surface area contributed by atoms with E-state index in [9.17, 15) is 4.79 Å². The molecule has 0 fully saturated rings. The number of carbonyl (C=O) groups excluding carboxylic acids is 1. The summed E-state index contributed by atoms with van der Waals surface area (Å²) in [5, 5.41) is 2.94. The quantitative estimate of drug-likeness (QED) is 0.373. The van der Waals surface area contributed by atoms with Gasteiger partial charge in [-0.05, 0) is 53.2 Å². The topological polar surface area (TPSA) is 65.2 Å². The number of carbonyl (C=O) groups is 1. The van der Waals surface area contributed by atoms with Gasteiger partial charge in [-0.25, -0.2) is 4.98 Å². The van der Waals surface area contributed by atoms with E-state index < -0.39 is 0 Å². The van der Waals surface area contributed by atoms with Gasteiger partial charge in [0.1, 0.15) is 15.5 Å². The second kappa shape index (κ2) is 7.28. The molecule has 0 saturated heterocycles. The molecule has 0 spiro atoms. The van der Waals surface area contributed by atoms with Crippen LogP contribution in [-0.2, 0) is 0 Å². The summed E-state index contributed by atoms with van der Waals surface area (Å²) in [6.45, 7) is 0. The highest BCUT2D eigenvalue weighted by atomic mass is 32.1. The Balaban J connectivity index is 1.55. The lowest BCUT2D eigenvalue weighted by Crippen LogP contribution is -2.01. The van der Waals surface area contributed by atoms with Gasteiger partial charge in [-0.3, -0.25) is 4.79 Å². The number of pyridine rings is 1. The molecule has 0 saturated carbocycles. The number of benzene rings is 3. The third-order valence-electron chi connectivity index (χ3n) is 5.20. The van der Waals surface area contributed by atoms with Gasteiger partial charge in [-0.15, -0.1) is 11.3 Å². The maximum Gasteiger partial charge on any atom is 0.205 e. The van der Waals surface area contributed by atoms with Crippen molar-refractivity contribution in [3.05, 3.63) is 89.3 Å². The number of fused-ring (bicyclic) bond motifs is 2. The van der Waals surface area contributed by atoms with Crippen LogP contribution in [0.2, 0.25) is 0 Å². The Bertz CT molecular complexity index is 1400. The largest absolute Gasteiger partial charge is 0.497 e. The Morgan fingerprint density at radius 2 is 1.70 bits per heavy atom. The van der Waals surface area contributed by atoms with Crippen molar-refractivity contribution in [3.63, 3.8) is 0 Å². The summed E-state index contributed by atoms with van der Waals surface area (Å²) in [6, 6.07) is 25.3. The van der Waals surface area contributed by atoms with Gasteiger partial charge < -0.3 is 10.5 Å². The highest BCUT2D eigenvalue weighted by Gasteiger charge is 2.19. The van der Waals surface area contributed by atoms with Crippen molar-refractivity contribution in [2.45, 2.75) is 0 Å². The number of aromatic nitrogens is 1. The molecular formula is C25H18N2O2S. The molecule has 2 N–H and O–H groups in total. The lowest BCUT2D eigenvalue weighted by atomic mass is 10.0. The van der Waals surface area contributed by atoms with Crippen LogP contribution in [0.3, 0.4) is 0 Å². The summed E-state index contributed by atoms with van der Waals surface area (Å²) in [6.07, 6.45) is 0. The summed E-state index contributed by atoms with van der Waals surface area (Å²) in [5.74, 6) is 0.718. The maximum absolute atomic E-state index is 13.2. The van der Waals surface area contributed by atoms with Crippen LogP contribution in [0, 0.1) is 0 Å². The molecule has 0 amide bonds. The Morgan fingerprint density at radius 1 is 0.933 bits per heavy atom. The van der Waals surface area contributed by atoms with Gasteiger partial charge in [0.15, 0.2) is 0 Å². The van der Waals surface area contributed by atoms with E-state index in [1.807, 2.05) is 78.9 Å². The molecule has 0 radical (unpaired) electrons. The highest BCUT2D eigenvalue weighted by Crippen LogP contribution is 2.36. The molecule has 146 valence electrons. The van der Waals surface area contributed by atoms with E-state index >= 15 is 0 Å². The number of nitrogens with zero attached hydrogens (tertiary/aromatic N) is 1. The number of ether oxygens (including phenoxy) is 1. The second-order valence-corrected chi connectivity index (χ2v) is 8.01. The highest BCUT2D eigenvalue weighted by molar-refractivity contribution is 7.21. The summed E-state index contributed by atoms with van der Waals surface area (Å²) in [5.41, 5.74) is 9.27. The van der Waals surface area contributed by atoms with Crippen molar-refractivity contribution in [2.75, 3.05) is 12.8 Å². The molecule has 0 aliphatic rings. The minimum atomic E-state index is -0.0766. The molecule has 0 bridgehead atoms. The van der Waals surface area contributed by atoms with E-state index in [0.29, 0.717) is 16.1 Å². The molecule has 2 heterocycles. The van der Waals surface area contributed by atoms with Crippen LogP contribution in [0.5, 0.6) is 5.75 Å². The minimum absolute atomic E-state index is 0.0766. The first-order valence-electron chi connectivity index (χ1n) is 9.51. The SMILES string of the molecule is COc1ccc(-c2ccc3c(N)c(C(=O)c4ccc5ccccc5c4)sc3n2)cc1. The van der Waals surface area contributed by atoms with Crippen LogP contribution in [0.1, 0.15) is 15.2 Å². The number of thiophene rings is 1. The zero-order valence-corrected chi connectivity index (χ0v) is 17.1. The molecular weight excluding hydrogens is 392 g/mol. The van der Waals surface area contributed by atoms with Crippen LogP contribution in [0.4, 0.5) is 5.69 Å². The molecule has 0 aliphatic carbocycles. The zero-order chi connectivity index (χ0) is 20.7. The Labute approximate surface area is 177 Å². The van der Waals surface area contributed by atoms with Crippen LogP contribution in [0.15, 0.2) is 78.9 Å². The molecule has 0 atom stereocenters. The maximum atomic E-state index is 13.2. The van der Waals surface area contributed by atoms with Crippen LogP contribution < -0.4 is 10.5 Å². The normalized spacial score (nSPS) is 11.1. The first-order valence-corrected chi connectivity index (χ1v) is 10.3. The van der Waals surface area contributed by atoms with Crippen molar-refractivity contribution in [3.8, 4) is 17.0 Å². The average Bonchev–Trinajstić information content (AvgIpc) is 3.14. The van der Waals surface area contributed by atoms with Crippen molar-refractivity contribution in [2.24, 2.45) is 0 Å². The summed E-state index contributed by atoms with van der Waals surface area (Å²) >= 11 is 1.34. The number of nitrogens with two attached hydrogens (primary N) is 1. The molecule has 30 heavy (non-hydrogen) atoms. The van der Waals surface area contributed by atoms with E-state index in [-0.39, 0.29) is 5.78 Å². The van der Waals surface area contributed by atoms with Gasteiger partial charge in [0.2, 0.25) is 5.78 Å². The number of ketones is 1. The smallest absolute Gasteiger partial charge is 0.205 e. The zero-order valence-electron chi connectivity index (χ0n) is 16.3. The lowest BCUT2D eigenvalue weighted by molar-refractivity contribution is 0.104. The van der Waals surface area contributed by atoms with E-state index in [2.05, 4.69) is 0 Å². The molecule has 5 rings (SSSR count). The van der Waals surface area contributed by atoms with Crippen LogP contribution >= 0.6 is 11.3 Å². The van der Waals surface area contributed by atoms with Gasteiger partial charge in [-0.2, -0.15) is 0 Å². The van der Waals surface area contributed by atoms with Crippen molar-refractivity contribution in [1.82, 2.24) is 4.98 Å². The standard InChI is InChI=1S/C25H18N2O2S/c1-29-19-10-8-16(9-11-19)21-13-12-20-22(26)24(30-25(20)27-21)23(28)18-7-6-15-4-2-3-5-17(15)14-18/h2-14H,26H2,1H3. The fourth-order valence-corrected chi connectivity index (χ4v) is 4.61. The monoisotopic (exact) mass is 410 g/mol. The Hall–Kier alpha value is -3.70. The van der Waals surface area contributed by atoms with Gasteiger partial charge in [0.25, 0.3) is 0 Å². The van der Waals surface area contributed by atoms with Gasteiger partial charge in [-0.1, -0.05) is 36.4 Å². The minimum Gasteiger partial charge on any atom is -0.497 e. The molecule has 3 aromatic carbocycles. The fourth-order valence-electron chi connectivity index (χ4n) is 3.55. The number of methoxy groups -OCH3 is 1. The first-order chi connectivity index (χ1) is 14.6. The number of nitrogen functional groups attached to an aromatic ring is 1. The summed E-state index contributed by atoms with van der Waals surface area (Å²) in [7, 11) is 1.64. The predicted molar refractivity (Wildman–Crippen MR) is 123 cm³/mol. The van der Waals surface area contributed by atoms with E-state index in [4.69, 9.17) is 15.5 Å². The number of anilines is 1. The third kappa shape index (κ3) is 3.09. The van der Waals surface area contributed by atoms with Crippen LogP contribution in [0.25, 0.3) is 32.2 Å². The number of rotatable bonds is 4. The Morgan fingerprint density at radius 3 is 2.47 bits per heavy atom. The molecule has 0 aliphatic heterocycles. The second-order valence-electron chi connectivity index (χ2n) is 7.01. The van der Waals surface area contributed by atoms with E-state index in [1.54, 1.807) is 7.11 Å². The number of hydrogen-bond acceptors (Lipinski definition) is 5. The molecule has 0 unspecified atom stereocenters. The molecule has 4 nitrogen and oxygen atoms in total. The van der Waals surface area contributed by atoms with Gasteiger partial charge >= 0.3 is 0 Å². The van der Waals surface area contributed by atoms with E-state index in [0.717, 1.165) is 38.0 Å². The van der Waals surface area contributed by atoms with Crippen molar-refractivity contribution in [1.29, 1.82) is 0 Å². The van der Waals surface area contributed by atoms with Gasteiger partial charge in [0, 0.05) is 16.5 Å². The lowest BCUT2D eigenvalue weighted by Gasteiger charge is -2.03. The summed E-state index contributed by atoms with van der Waals surface area (Å²) < 4.78 is 5.22. The van der Waals surface area contributed by atoms with Crippen molar-refractivity contribution >= 4 is 43.8 Å². The molecule has 5 aromatic rings. The predicted octanol–water partition coefficient (Wildman–Crippen LogP) is 5.94.